The third-order valence-electron chi connectivity index (χ3n) is 1.78. The zero-order valence-corrected chi connectivity index (χ0v) is 8.09. The van der Waals surface area contributed by atoms with E-state index in [0.29, 0.717) is 6.42 Å². The van der Waals surface area contributed by atoms with Crippen LogP contribution in [0.2, 0.25) is 0 Å². The topological polar surface area (TPSA) is 33.1 Å². The van der Waals surface area contributed by atoms with E-state index in [1.165, 1.54) is 23.5 Å². The Morgan fingerprint density at radius 3 is 2.93 bits per heavy atom. The molecule has 4 heteroatoms. The molecule has 0 radical (unpaired) electrons. The molecule has 0 saturated carbocycles. The number of aromatic hydroxyl groups is 1. The van der Waals surface area contributed by atoms with Gasteiger partial charge in [0.1, 0.15) is 10.8 Å². The van der Waals surface area contributed by atoms with Crippen molar-refractivity contribution in [2.75, 3.05) is 0 Å². The number of aromatic nitrogens is 1. The van der Waals surface area contributed by atoms with E-state index >= 15 is 0 Å². The lowest BCUT2D eigenvalue weighted by Gasteiger charge is -1.96. The van der Waals surface area contributed by atoms with Crippen LogP contribution in [0, 0.1) is 5.82 Å². The quantitative estimate of drug-likeness (QED) is 0.824. The second kappa shape index (κ2) is 3.75. The molecule has 1 aromatic carbocycles. The van der Waals surface area contributed by atoms with E-state index in [0.717, 1.165) is 10.6 Å². The van der Waals surface area contributed by atoms with Crippen LogP contribution < -0.4 is 0 Å². The standard InChI is InChI=1S/C10H8FNOS/c11-8-3-1-2-7(4-8)5-10-12-9(13)6-14-10/h1-4,6,13H,5H2. The number of halogens is 1. The van der Waals surface area contributed by atoms with E-state index in [1.54, 1.807) is 11.4 Å². The van der Waals surface area contributed by atoms with Gasteiger partial charge < -0.3 is 5.11 Å². The molecule has 0 spiro atoms. The second-order valence-electron chi connectivity index (χ2n) is 2.91. The average molecular weight is 209 g/mol. The maximum atomic E-state index is 12.8. The van der Waals surface area contributed by atoms with Crippen LogP contribution in [0.1, 0.15) is 10.6 Å². The zero-order chi connectivity index (χ0) is 9.97. The van der Waals surface area contributed by atoms with Crippen LogP contribution in [0.4, 0.5) is 4.39 Å². The van der Waals surface area contributed by atoms with Crippen LogP contribution in [-0.2, 0) is 6.42 Å². The molecule has 14 heavy (non-hydrogen) atoms. The normalized spacial score (nSPS) is 10.4. The maximum Gasteiger partial charge on any atom is 0.222 e. The summed E-state index contributed by atoms with van der Waals surface area (Å²) in [6.07, 6.45) is 0.559. The van der Waals surface area contributed by atoms with E-state index in [4.69, 9.17) is 5.11 Å². The van der Waals surface area contributed by atoms with Gasteiger partial charge in [-0.1, -0.05) is 12.1 Å². The minimum atomic E-state index is -0.247. The maximum absolute atomic E-state index is 12.8. The number of hydrogen-bond donors (Lipinski definition) is 1. The highest BCUT2D eigenvalue weighted by atomic mass is 32.1. The van der Waals surface area contributed by atoms with Gasteiger partial charge in [0.15, 0.2) is 0 Å². The van der Waals surface area contributed by atoms with Crippen molar-refractivity contribution in [1.82, 2.24) is 4.98 Å². The second-order valence-corrected chi connectivity index (χ2v) is 3.85. The first kappa shape index (κ1) is 9.15. The van der Waals surface area contributed by atoms with Crippen molar-refractivity contribution in [3.05, 3.63) is 46.0 Å². The average Bonchev–Trinajstić information content (AvgIpc) is 2.51. The van der Waals surface area contributed by atoms with Gasteiger partial charge in [-0.3, -0.25) is 0 Å². The summed E-state index contributed by atoms with van der Waals surface area (Å²) in [6, 6.07) is 6.38. The highest BCUT2D eigenvalue weighted by Crippen LogP contribution is 2.18. The Hall–Kier alpha value is -1.42. The third-order valence-corrected chi connectivity index (χ3v) is 2.62. The van der Waals surface area contributed by atoms with Crippen molar-refractivity contribution < 1.29 is 9.50 Å². The Labute approximate surface area is 84.7 Å². The lowest BCUT2D eigenvalue weighted by Crippen LogP contribution is -1.87. The number of benzene rings is 1. The minimum Gasteiger partial charge on any atom is -0.493 e. The summed E-state index contributed by atoms with van der Waals surface area (Å²) in [6.45, 7) is 0. The van der Waals surface area contributed by atoms with Crippen LogP contribution in [0.25, 0.3) is 0 Å². The molecule has 0 aliphatic heterocycles. The van der Waals surface area contributed by atoms with Crippen molar-refractivity contribution in [2.45, 2.75) is 6.42 Å². The Bertz CT molecular complexity index is 441. The molecule has 72 valence electrons. The van der Waals surface area contributed by atoms with Crippen LogP contribution in [0.5, 0.6) is 5.88 Å². The van der Waals surface area contributed by atoms with Gasteiger partial charge in [-0.25, -0.2) is 9.37 Å². The van der Waals surface area contributed by atoms with E-state index < -0.39 is 0 Å². The molecule has 1 N–H and O–H groups in total. The molecular formula is C10H8FNOS. The highest BCUT2D eigenvalue weighted by molar-refractivity contribution is 7.09. The van der Waals surface area contributed by atoms with Gasteiger partial charge in [0.2, 0.25) is 5.88 Å². The SMILES string of the molecule is Oc1csc(Cc2cccc(F)c2)n1. The highest BCUT2D eigenvalue weighted by Gasteiger charge is 2.02. The molecule has 2 rings (SSSR count). The first-order valence-electron chi connectivity index (χ1n) is 4.12. The molecule has 0 aliphatic rings. The molecular weight excluding hydrogens is 201 g/mol. The Balaban J connectivity index is 2.18. The molecule has 0 amide bonds. The van der Waals surface area contributed by atoms with E-state index in [2.05, 4.69) is 4.98 Å². The summed E-state index contributed by atoms with van der Waals surface area (Å²) in [5.74, 6) is -0.218. The van der Waals surface area contributed by atoms with Crippen molar-refractivity contribution in [3.63, 3.8) is 0 Å². The van der Waals surface area contributed by atoms with E-state index in [1.807, 2.05) is 6.07 Å². The Morgan fingerprint density at radius 1 is 1.43 bits per heavy atom. The summed E-state index contributed by atoms with van der Waals surface area (Å²) >= 11 is 1.37. The van der Waals surface area contributed by atoms with Gasteiger partial charge in [0.25, 0.3) is 0 Å². The summed E-state index contributed by atoms with van der Waals surface area (Å²) in [7, 11) is 0. The van der Waals surface area contributed by atoms with Gasteiger partial charge in [-0.2, -0.15) is 0 Å². The smallest absolute Gasteiger partial charge is 0.222 e. The van der Waals surface area contributed by atoms with E-state index in [-0.39, 0.29) is 11.7 Å². The molecule has 2 nitrogen and oxygen atoms in total. The van der Waals surface area contributed by atoms with Crippen molar-refractivity contribution >= 4 is 11.3 Å². The largest absolute Gasteiger partial charge is 0.493 e. The van der Waals surface area contributed by atoms with E-state index in [9.17, 15) is 4.39 Å². The fourth-order valence-electron chi connectivity index (χ4n) is 1.20. The molecule has 0 aliphatic carbocycles. The molecule has 0 unspecified atom stereocenters. The number of thiazole rings is 1. The fourth-order valence-corrected chi connectivity index (χ4v) is 1.89. The fraction of sp³-hybridized carbons (Fsp3) is 0.100. The monoisotopic (exact) mass is 209 g/mol. The van der Waals surface area contributed by atoms with Crippen molar-refractivity contribution in [2.24, 2.45) is 0 Å². The van der Waals surface area contributed by atoms with Crippen LogP contribution >= 0.6 is 11.3 Å². The van der Waals surface area contributed by atoms with Crippen molar-refractivity contribution in [3.8, 4) is 5.88 Å². The van der Waals surface area contributed by atoms with Crippen LogP contribution in [0.15, 0.2) is 29.6 Å². The lowest BCUT2D eigenvalue weighted by molar-refractivity contribution is 0.456. The Morgan fingerprint density at radius 2 is 2.29 bits per heavy atom. The number of rotatable bonds is 2. The van der Waals surface area contributed by atoms with Crippen molar-refractivity contribution in [1.29, 1.82) is 0 Å². The molecule has 1 heterocycles. The minimum absolute atomic E-state index is 0.0291. The summed E-state index contributed by atoms with van der Waals surface area (Å²) < 4.78 is 12.8. The van der Waals surface area contributed by atoms with Crippen LogP contribution in [-0.4, -0.2) is 10.1 Å². The van der Waals surface area contributed by atoms with Gasteiger partial charge in [0, 0.05) is 6.42 Å². The zero-order valence-electron chi connectivity index (χ0n) is 7.27. The molecule has 0 fully saturated rings. The van der Waals surface area contributed by atoms with Gasteiger partial charge in [-0.15, -0.1) is 11.3 Å². The first-order valence-corrected chi connectivity index (χ1v) is 5.00. The molecule has 0 bridgehead atoms. The van der Waals surface area contributed by atoms with Gasteiger partial charge >= 0.3 is 0 Å². The number of hydrogen-bond acceptors (Lipinski definition) is 3. The summed E-state index contributed by atoms with van der Waals surface area (Å²) in [5.41, 5.74) is 0.861. The predicted octanol–water partition coefficient (Wildman–Crippen LogP) is 2.58. The Kier molecular flexibility index (Phi) is 2.45. The third kappa shape index (κ3) is 2.09. The first-order chi connectivity index (χ1) is 6.74. The van der Waals surface area contributed by atoms with Gasteiger partial charge in [-0.05, 0) is 17.7 Å². The lowest BCUT2D eigenvalue weighted by atomic mass is 10.1. The van der Waals surface area contributed by atoms with Crippen LogP contribution in [0.3, 0.4) is 0 Å². The number of nitrogens with zero attached hydrogens (tertiary/aromatic N) is 1. The predicted molar refractivity (Wildman–Crippen MR) is 53.0 cm³/mol. The van der Waals surface area contributed by atoms with Gasteiger partial charge in [0.05, 0.1) is 5.38 Å². The molecule has 2 aromatic rings. The molecule has 0 saturated heterocycles. The molecule has 0 atom stereocenters. The summed E-state index contributed by atoms with van der Waals surface area (Å²) in [4.78, 5) is 3.89. The molecule has 1 aromatic heterocycles. The summed E-state index contributed by atoms with van der Waals surface area (Å²) in [5, 5.41) is 11.4.